The van der Waals surface area contributed by atoms with Gasteiger partial charge in [0, 0.05) is 37.5 Å². The summed E-state index contributed by atoms with van der Waals surface area (Å²) in [4.78, 5) is 32.3. The Morgan fingerprint density at radius 2 is 2.05 bits per heavy atom. The Morgan fingerprint density at radius 1 is 1.19 bits per heavy atom. The van der Waals surface area contributed by atoms with Gasteiger partial charge in [-0.1, -0.05) is 19.1 Å². The number of Topliss-reactive ketones (excluding diaryl/α,β-unsaturated/α-hetero) is 1. The normalized spacial score (nSPS) is 20.2. The predicted molar refractivity (Wildman–Crippen MR) is 138 cm³/mol. The predicted octanol–water partition coefficient (Wildman–Crippen LogP) is 4.51. The number of aliphatic hydroxyl groups is 1. The van der Waals surface area contributed by atoms with E-state index in [1.54, 1.807) is 23.5 Å². The van der Waals surface area contributed by atoms with Crippen LogP contribution in [-0.2, 0) is 22.6 Å². The number of fused-ring (bicyclic) bond motifs is 1. The maximum Gasteiger partial charge on any atom is 0.295 e. The van der Waals surface area contributed by atoms with Crippen molar-refractivity contribution in [3.8, 4) is 11.5 Å². The number of carbonyl (C=O) groups excluding carboxylic acids is 2. The summed E-state index contributed by atoms with van der Waals surface area (Å²) < 4.78 is 13.5. The lowest BCUT2D eigenvalue weighted by molar-refractivity contribution is -0.139. The number of rotatable bonds is 9. The molecule has 192 valence electrons. The first-order chi connectivity index (χ1) is 18.0. The number of imidazole rings is 1. The largest absolute Gasteiger partial charge is 0.507 e. The second-order valence-electron chi connectivity index (χ2n) is 9.52. The lowest BCUT2D eigenvalue weighted by atomic mass is 9.94. The van der Waals surface area contributed by atoms with E-state index in [1.165, 1.54) is 0 Å². The van der Waals surface area contributed by atoms with Crippen LogP contribution in [0.15, 0.2) is 66.8 Å². The molecule has 1 aromatic heterocycles. The van der Waals surface area contributed by atoms with Gasteiger partial charge in [-0.25, -0.2) is 4.98 Å². The van der Waals surface area contributed by atoms with Crippen molar-refractivity contribution in [1.82, 2.24) is 14.5 Å². The average Bonchev–Trinajstić information content (AvgIpc) is 3.61. The molecule has 1 saturated heterocycles. The molecule has 2 atom stereocenters. The summed E-state index contributed by atoms with van der Waals surface area (Å²) in [7, 11) is 0. The van der Waals surface area contributed by atoms with Crippen molar-refractivity contribution >= 4 is 17.4 Å². The highest BCUT2D eigenvalue weighted by Crippen LogP contribution is 2.41. The molecule has 0 radical (unpaired) electrons. The number of carbonyl (C=O) groups is 2. The Morgan fingerprint density at radius 3 is 2.84 bits per heavy atom. The fourth-order valence-corrected chi connectivity index (χ4v) is 5.02. The number of aliphatic hydroxyl groups excluding tert-OH is 1. The number of amides is 1. The van der Waals surface area contributed by atoms with Gasteiger partial charge in [0.2, 0.25) is 0 Å². The first kappa shape index (κ1) is 24.6. The zero-order valence-corrected chi connectivity index (χ0v) is 21.1. The number of ether oxygens (including phenoxy) is 2. The van der Waals surface area contributed by atoms with Crippen molar-refractivity contribution in [1.29, 1.82) is 0 Å². The van der Waals surface area contributed by atoms with Gasteiger partial charge in [0.25, 0.3) is 11.7 Å². The number of aryl methyl sites for hydroxylation is 1. The van der Waals surface area contributed by atoms with Crippen molar-refractivity contribution in [3.63, 3.8) is 0 Å². The summed E-state index contributed by atoms with van der Waals surface area (Å²) in [6.45, 7) is 5.58. The molecule has 1 N–H and O–H groups in total. The van der Waals surface area contributed by atoms with E-state index in [9.17, 15) is 14.7 Å². The first-order valence-electron chi connectivity index (χ1n) is 12.7. The van der Waals surface area contributed by atoms with Crippen molar-refractivity contribution in [3.05, 3.63) is 83.4 Å². The van der Waals surface area contributed by atoms with Crippen molar-refractivity contribution < 1.29 is 24.2 Å². The van der Waals surface area contributed by atoms with Crippen LogP contribution in [0.25, 0.3) is 5.76 Å². The summed E-state index contributed by atoms with van der Waals surface area (Å²) in [5.74, 6) is -0.0404. The number of nitrogens with zero attached hydrogens (tertiary/aromatic N) is 3. The molecular formula is C29H31N3O5. The minimum atomic E-state index is -0.726. The molecule has 3 aromatic rings. The van der Waals surface area contributed by atoms with Gasteiger partial charge in [-0.3, -0.25) is 9.59 Å². The third kappa shape index (κ3) is 4.96. The molecule has 2 aromatic carbocycles. The van der Waals surface area contributed by atoms with Gasteiger partial charge in [-0.05, 0) is 61.2 Å². The fourth-order valence-electron chi connectivity index (χ4n) is 5.02. The highest BCUT2D eigenvalue weighted by molar-refractivity contribution is 6.46. The Bertz CT molecular complexity index is 1330. The van der Waals surface area contributed by atoms with Crippen LogP contribution in [0.4, 0.5) is 0 Å². The molecular weight excluding hydrogens is 470 g/mol. The van der Waals surface area contributed by atoms with Gasteiger partial charge in [-0.2, -0.15) is 0 Å². The molecule has 5 rings (SSSR count). The highest BCUT2D eigenvalue weighted by atomic mass is 16.5. The summed E-state index contributed by atoms with van der Waals surface area (Å²) >= 11 is 0. The molecule has 0 spiro atoms. The topological polar surface area (TPSA) is 93.9 Å². The molecule has 0 saturated carbocycles. The second kappa shape index (κ2) is 10.5. The molecule has 8 nitrogen and oxygen atoms in total. The zero-order chi connectivity index (χ0) is 25.9. The molecule has 1 amide bonds. The van der Waals surface area contributed by atoms with Crippen LogP contribution in [0, 0.1) is 0 Å². The number of hydrogen-bond donors (Lipinski definition) is 1. The average molecular weight is 502 g/mol. The van der Waals surface area contributed by atoms with Crippen molar-refractivity contribution in [2.45, 2.75) is 51.8 Å². The van der Waals surface area contributed by atoms with Gasteiger partial charge in [0.1, 0.15) is 23.4 Å². The van der Waals surface area contributed by atoms with E-state index in [-0.39, 0.29) is 17.4 Å². The summed E-state index contributed by atoms with van der Waals surface area (Å²) in [5.41, 5.74) is 2.27. The molecule has 1 fully saturated rings. The minimum absolute atomic E-state index is 0.0549. The van der Waals surface area contributed by atoms with Crippen LogP contribution in [0.2, 0.25) is 0 Å². The van der Waals surface area contributed by atoms with E-state index in [4.69, 9.17) is 9.47 Å². The number of hydrogen-bond acceptors (Lipinski definition) is 6. The fraction of sp³-hybridized carbons (Fsp3) is 0.345. The van der Waals surface area contributed by atoms with Gasteiger partial charge in [0.15, 0.2) is 0 Å². The van der Waals surface area contributed by atoms with E-state index in [0.29, 0.717) is 37.4 Å². The number of likely N-dealkylation sites (tertiary alicyclic amines) is 1. The van der Waals surface area contributed by atoms with Crippen LogP contribution in [0.3, 0.4) is 0 Å². The molecule has 0 aliphatic carbocycles. The van der Waals surface area contributed by atoms with Crippen LogP contribution < -0.4 is 9.47 Å². The third-order valence-corrected chi connectivity index (χ3v) is 6.73. The molecule has 37 heavy (non-hydrogen) atoms. The minimum Gasteiger partial charge on any atom is -0.507 e. The molecule has 3 heterocycles. The number of benzene rings is 2. The van der Waals surface area contributed by atoms with E-state index in [0.717, 1.165) is 29.7 Å². The van der Waals surface area contributed by atoms with Crippen LogP contribution in [0.5, 0.6) is 11.5 Å². The van der Waals surface area contributed by atoms with Gasteiger partial charge in [0.05, 0.1) is 24.5 Å². The standard InChI is InChI=1S/C29H31N3O5/c1-3-14-36-23-7-4-6-20(17-23)26-25(27(33)21-8-9-24-22(16-21)15-19(2)37-24)28(34)29(35)32(26)12-5-11-31-13-10-30-18-31/h4,6-10,13,16-19,26,33H,3,5,11-12,14-15H2,1-2H3/b27-25+/t19-,26+/m1/s1. The maximum atomic E-state index is 13.4. The Hall–Kier alpha value is -4.07. The van der Waals surface area contributed by atoms with Crippen molar-refractivity contribution in [2.24, 2.45) is 0 Å². The number of ketones is 1. The zero-order valence-electron chi connectivity index (χ0n) is 21.1. The Balaban J connectivity index is 1.53. The van der Waals surface area contributed by atoms with Crippen LogP contribution in [-0.4, -0.2) is 50.5 Å². The maximum absolute atomic E-state index is 13.4. The monoisotopic (exact) mass is 501 g/mol. The molecule has 0 unspecified atom stereocenters. The quantitative estimate of drug-likeness (QED) is 0.264. The van der Waals surface area contributed by atoms with E-state index < -0.39 is 17.7 Å². The van der Waals surface area contributed by atoms with Crippen molar-refractivity contribution in [2.75, 3.05) is 13.2 Å². The summed E-state index contributed by atoms with van der Waals surface area (Å²) in [5, 5.41) is 11.4. The van der Waals surface area contributed by atoms with Gasteiger partial charge >= 0.3 is 0 Å². The lowest BCUT2D eigenvalue weighted by Gasteiger charge is -2.26. The molecule has 2 aliphatic heterocycles. The molecule has 2 aliphatic rings. The van der Waals surface area contributed by atoms with E-state index in [2.05, 4.69) is 4.98 Å². The number of aromatic nitrogens is 2. The van der Waals surface area contributed by atoms with Crippen LogP contribution in [0.1, 0.15) is 49.4 Å². The first-order valence-corrected chi connectivity index (χ1v) is 12.7. The van der Waals surface area contributed by atoms with E-state index >= 15 is 0 Å². The smallest absolute Gasteiger partial charge is 0.295 e. The Labute approximate surface area is 216 Å². The SMILES string of the molecule is CCCOc1cccc([C@H]2/C(=C(\O)c3ccc4c(c3)C[C@@H](C)O4)C(=O)C(=O)N2CCCn2ccnc2)c1. The highest BCUT2D eigenvalue weighted by Gasteiger charge is 2.46. The summed E-state index contributed by atoms with van der Waals surface area (Å²) in [6, 6.07) is 12.1. The molecule has 0 bridgehead atoms. The van der Waals surface area contributed by atoms with Gasteiger partial charge < -0.3 is 24.0 Å². The second-order valence-corrected chi connectivity index (χ2v) is 9.52. The third-order valence-electron chi connectivity index (χ3n) is 6.73. The van der Waals surface area contributed by atoms with Gasteiger partial charge in [-0.15, -0.1) is 0 Å². The van der Waals surface area contributed by atoms with Crippen LogP contribution >= 0.6 is 0 Å². The van der Waals surface area contributed by atoms with E-state index in [1.807, 2.05) is 61.0 Å². The Kier molecular flexibility index (Phi) is 6.99. The lowest BCUT2D eigenvalue weighted by Crippen LogP contribution is -2.31. The summed E-state index contributed by atoms with van der Waals surface area (Å²) in [6.07, 6.45) is 7.55. The molecule has 8 heteroatoms.